The summed E-state index contributed by atoms with van der Waals surface area (Å²) in [5.74, 6) is 2.62. The number of amides is 1. The fourth-order valence-electron chi connectivity index (χ4n) is 2.25. The summed E-state index contributed by atoms with van der Waals surface area (Å²) in [5, 5.41) is 14.9. The SMILES string of the molecule is N/C(=N/O)c1ccc(Cl)c(NC(=O)CC2CCSCC2)c1. The zero-order chi connectivity index (χ0) is 15.2. The van der Waals surface area contributed by atoms with Gasteiger partial charge >= 0.3 is 0 Å². The van der Waals surface area contributed by atoms with Gasteiger partial charge in [-0.3, -0.25) is 4.79 Å². The normalized spacial score (nSPS) is 16.7. The molecule has 1 aliphatic rings. The topological polar surface area (TPSA) is 87.7 Å². The van der Waals surface area contributed by atoms with Crippen molar-refractivity contribution < 1.29 is 10.0 Å². The van der Waals surface area contributed by atoms with Crippen molar-refractivity contribution in [3.05, 3.63) is 28.8 Å². The molecule has 0 bridgehead atoms. The molecule has 1 aromatic rings. The number of nitrogens with zero attached hydrogens (tertiary/aromatic N) is 1. The summed E-state index contributed by atoms with van der Waals surface area (Å²) in [7, 11) is 0. The Morgan fingerprint density at radius 1 is 1.48 bits per heavy atom. The van der Waals surface area contributed by atoms with E-state index in [4.69, 9.17) is 22.5 Å². The largest absolute Gasteiger partial charge is 0.409 e. The van der Waals surface area contributed by atoms with Gasteiger partial charge in [0.2, 0.25) is 5.91 Å². The summed E-state index contributed by atoms with van der Waals surface area (Å²) in [5.41, 5.74) is 6.52. The van der Waals surface area contributed by atoms with E-state index in [0.29, 0.717) is 28.6 Å². The standard InChI is InChI=1S/C14H18ClN3O2S/c15-11-2-1-10(14(16)18-20)8-12(11)17-13(19)7-9-3-5-21-6-4-9/h1-2,8-9,20H,3-7H2,(H2,16,18)(H,17,19). The number of amidine groups is 1. The molecular formula is C14H18ClN3O2S. The average Bonchev–Trinajstić information content (AvgIpc) is 2.49. The number of hydrogen-bond donors (Lipinski definition) is 3. The van der Waals surface area contributed by atoms with Crippen LogP contribution in [0.15, 0.2) is 23.4 Å². The maximum Gasteiger partial charge on any atom is 0.224 e. The fraction of sp³-hybridized carbons (Fsp3) is 0.429. The minimum atomic E-state index is -0.0505. The van der Waals surface area contributed by atoms with Crippen LogP contribution in [-0.2, 0) is 4.79 Å². The first-order valence-electron chi connectivity index (χ1n) is 6.75. The van der Waals surface area contributed by atoms with Crippen molar-refractivity contribution in [2.24, 2.45) is 16.8 Å². The zero-order valence-corrected chi connectivity index (χ0v) is 13.1. The number of thioether (sulfide) groups is 1. The first-order valence-corrected chi connectivity index (χ1v) is 8.28. The lowest BCUT2D eigenvalue weighted by Gasteiger charge is -2.20. The summed E-state index contributed by atoms with van der Waals surface area (Å²) in [6.07, 6.45) is 2.66. The molecule has 7 heteroatoms. The second-order valence-corrected chi connectivity index (χ2v) is 6.62. The van der Waals surface area contributed by atoms with E-state index in [1.54, 1.807) is 18.2 Å². The number of nitrogens with two attached hydrogens (primary N) is 1. The van der Waals surface area contributed by atoms with Gasteiger partial charge in [-0.15, -0.1) is 0 Å². The van der Waals surface area contributed by atoms with Crippen LogP contribution in [0.1, 0.15) is 24.8 Å². The number of hydrogen-bond acceptors (Lipinski definition) is 4. The summed E-state index contributed by atoms with van der Waals surface area (Å²) in [6.45, 7) is 0. The number of oxime groups is 1. The van der Waals surface area contributed by atoms with Crippen LogP contribution >= 0.6 is 23.4 Å². The van der Waals surface area contributed by atoms with E-state index in [1.807, 2.05) is 11.8 Å². The Kier molecular flexibility index (Phi) is 5.76. The molecule has 5 nitrogen and oxygen atoms in total. The molecule has 4 N–H and O–H groups in total. The van der Waals surface area contributed by atoms with E-state index in [0.717, 1.165) is 24.3 Å². The van der Waals surface area contributed by atoms with Crippen LogP contribution in [0.3, 0.4) is 0 Å². The molecule has 0 aliphatic carbocycles. The predicted octanol–water partition coefficient (Wildman–Crippen LogP) is 2.91. The van der Waals surface area contributed by atoms with Crippen molar-refractivity contribution in [1.29, 1.82) is 0 Å². The Bertz CT molecular complexity index is 545. The molecule has 1 heterocycles. The highest BCUT2D eigenvalue weighted by Gasteiger charge is 2.18. The van der Waals surface area contributed by atoms with Crippen LogP contribution in [-0.4, -0.2) is 28.5 Å². The molecule has 2 rings (SSSR count). The number of nitrogens with one attached hydrogen (secondary N) is 1. The first-order chi connectivity index (χ1) is 10.1. The highest BCUT2D eigenvalue weighted by Crippen LogP contribution is 2.27. The minimum Gasteiger partial charge on any atom is -0.409 e. The van der Waals surface area contributed by atoms with E-state index >= 15 is 0 Å². The molecule has 0 saturated carbocycles. The van der Waals surface area contributed by atoms with Crippen molar-refractivity contribution in [1.82, 2.24) is 0 Å². The Labute approximate surface area is 132 Å². The third kappa shape index (κ3) is 4.54. The Morgan fingerprint density at radius 2 is 2.19 bits per heavy atom. The zero-order valence-electron chi connectivity index (χ0n) is 11.5. The van der Waals surface area contributed by atoms with Crippen molar-refractivity contribution in [3.8, 4) is 0 Å². The number of rotatable bonds is 4. The molecule has 1 aromatic carbocycles. The number of halogens is 1. The number of benzene rings is 1. The quantitative estimate of drug-likeness (QED) is 0.343. The predicted molar refractivity (Wildman–Crippen MR) is 87.3 cm³/mol. The minimum absolute atomic E-state index is 0.0218. The van der Waals surface area contributed by atoms with Crippen LogP contribution in [0.4, 0.5) is 5.69 Å². The molecule has 1 aliphatic heterocycles. The second kappa shape index (κ2) is 7.56. The van der Waals surface area contributed by atoms with Gasteiger partial charge in [0.1, 0.15) is 0 Å². The van der Waals surface area contributed by atoms with E-state index < -0.39 is 0 Å². The monoisotopic (exact) mass is 327 g/mol. The summed E-state index contributed by atoms with van der Waals surface area (Å²) >= 11 is 8.01. The Balaban J connectivity index is 2.02. The molecule has 114 valence electrons. The van der Waals surface area contributed by atoms with Gasteiger partial charge in [0.25, 0.3) is 0 Å². The van der Waals surface area contributed by atoms with Gasteiger partial charge in [0, 0.05) is 12.0 Å². The lowest BCUT2D eigenvalue weighted by atomic mass is 9.98. The Hall–Kier alpha value is -1.40. The Morgan fingerprint density at radius 3 is 2.86 bits per heavy atom. The molecular weight excluding hydrogens is 310 g/mol. The van der Waals surface area contributed by atoms with Gasteiger partial charge in [-0.05, 0) is 48.5 Å². The average molecular weight is 328 g/mol. The molecule has 0 radical (unpaired) electrons. The van der Waals surface area contributed by atoms with Gasteiger partial charge < -0.3 is 16.3 Å². The molecule has 0 spiro atoms. The summed E-state index contributed by atoms with van der Waals surface area (Å²) < 4.78 is 0. The van der Waals surface area contributed by atoms with Crippen LogP contribution in [0.25, 0.3) is 0 Å². The smallest absolute Gasteiger partial charge is 0.224 e. The van der Waals surface area contributed by atoms with Crippen molar-refractivity contribution in [2.75, 3.05) is 16.8 Å². The highest BCUT2D eigenvalue weighted by molar-refractivity contribution is 7.99. The van der Waals surface area contributed by atoms with Gasteiger partial charge in [0.05, 0.1) is 10.7 Å². The summed E-state index contributed by atoms with van der Waals surface area (Å²) in [6, 6.07) is 4.85. The van der Waals surface area contributed by atoms with Crippen LogP contribution in [0.5, 0.6) is 0 Å². The molecule has 1 amide bonds. The lowest BCUT2D eigenvalue weighted by Crippen LogP contribution is -2.20. The first kappa shape index (κ1) is 16.0. The summed E-state index contributed by atoms with van der Waals surface area (Å²) in [4.78, 5) is 12.1. The molecule has 1 saturated heterocycles. The third-order valence-electron chi connectivity index (χ3n) is 3.46. The van der Waals surface area contributed by atoms with E-state index in [2.05, 4.69) is 10.5 Å². The lowest BCUT2D eigenvalue weighted by molar-refractivity contribution is -0.117. The maximum atomic E-state index is 12.1. The molecule has 21 heavy (non-hydrogen) atoms. The fourth-order valence-corrected chi connectivity index (χ4v) is 3.62. The van der Waals surface area contributed by atoms with Crippen molar-refractivity contribution in [3.63, 3.8) is 0 Å². The molecule has 0 atom stereocenters. The van der Waals surface area contributed by atoms with E-state index in [1.165, 1.54) is 0 Å². The molecule has 0 aromatic heterocycles. The van der Waals surface area contributed by atoms with E-state index in [-0.39, 0.29) is 11.7 Å². The third-order valence-corrected chi connectivity index (χ3v) is 4.84. The van der Waals surface area contributed by atoms with E-state index in [9.17, 15) is 4.79 Å². The van der Waals surface area contributed by atoms with Crippen molar-refractivity contribution in [2.45, 2.75) is 19.3 Å². The maximum absolute atomic E-state index is 12.1. The van der Waals surface area contributed by atoms with Gasteiger partial charge in [-0.2, -0.15) is 11.8 Å². The molecule has 0 unspecified atom stereocenters. The number of carbonyl (C=O) groups is 1. The molecule has 1 fully saturated rings. The van der Waals surface area contributed by atoms with Crippen molar-refractivity contribution >= 4 is 40.8 Å². The van der Waals surface area contributed by atoms with Crippen LogP contribution < -0.4 is 11.1 Å². The van der Waals surface area contributed by atoms with Crippen LogP contribution in [0.2, 0.25) is 5.02 Å². The van der Waals surface area contributed by atoms with Crippen LogP contribution in [0, 0.1) is 5.92 Å². The van der Waals surface area contributed by atoms with Gasteiger partial charge in [-0.25, -0.2) is 0 Å². The highest BCUT2D eigenvalue weighted by atomic mass is 35.5. The number of anilines is 1. The number of carbonyl (C=O) groups excluding carboxylic acids is 1. The second-order valence-electron chi connectivity index (χ2n) is 4.99. The van der Waals surface area contributed by atoms with Gasteiger partial charge in [-0.1, -0.05) is 16.8 Å². The van der Waals surface area contributed by atoms with Gasteiger partial charge in [0.15, 0.2) is 5.84 Å².